The summed E-state index contributed by atoms with van der Waals surface area (Å²) in [6.45, 7) is 3.63. The third kappa shape index (κ3) is 4.86. The Labute approximate surface area is 148 Å². The van der Waals surface area contributed by atoms with E-state index < -0.39 is 5.97 Å². The van der Waals surface area contributed by atoms with Crippen molar-refractivity contribution >= 4 is 5.97 Å². The van der Waals surface area contributed by atoms with Gasteiger partial charge in [-0.25, -0.2) is 0 Å². The van der Waals surface area contributed by atoms with E-state index in [1.165, 1.54) is 0 Å². The summed E-state index contributed by atoms with van der Waals surface area (Å²) in [5, 5.41) is 9.22. The third-order valence-electron chi connectivity index (χ3n) is 4.94. The second kappa shape index (κ2) is 8.54. The van der Waals surface area contributed by atoms with Crippen LogP contribution in [0.3, 0.4) is 0 Å². The Kier molecular flexibility index (Phi) is 6.15. The van der Waals surface area contributed by atoms with Crippen molar-refractivity contribution in [3.63, 3.8) is 0 Å². The number of rotatable bonds is 7. The van der Waals surface area contributed by atoms with Gasteiger partial charge in [-0.2, -0.15) is 0 Å². The largest absolute Gasteiger partial charge is 0.493 e. The zero-order valence-corrected chi connectivity index (χ0v) is 14.8. The molecule has 0 bridgehead atoms. The number of hydrogen-bond acceptors (Lipinski definition) is 5. The van der Waals surface area contributed by atoms with Crippen molar-refractivity contribution in [1.82, 2.24) is 4.90 Å². The highest BCUT2D eigenvalue weighted by molar-refractivity contribution is 5.70. The van der Waals surface area contributed by atoms with Crippen LogP contribution in [0.15, 0.2) is 18.2 Å². The van der Waals surface area contributed by atoms with Crippen LogP contribution in [-0.2, 0) is 16.1 Å². The van der Waals surface area contributed by atoms with Crippen molar-refractivity contribution in [3.05, 3.63) is 23.8 Å². The minimum absolute atomic E-state index is 0.172. The predicted octanol–water partition coefficient (Wildman–Crippen LogP) is 2.55. The molecule has 2 fully saturated rings. The lowest BCUT2D eigenvalue weighted by molar-refractivity contribution is -0.143. The summed E-state index contributed by atoms with van der Waals surface area (Å²) in [6.07, 6.45) is 4.00. The molecule has 0 saturated carbocycles. The van der Waals surface area contributed by atoms with Crippen molar-refractivity contribution in [3.8, 4) is 11.5 Å². The maximum atomic E-state index is 11.2. The molecule has 0 radical (unpaired) electrons. The molecule has 0 amide bonds. The number of piperidine rings is 1. The fourth-order valence-electron chi connectivity index (χ4n) is 3.55. The molecular weight excluding hydrogens is 322 g/mol. The molecule has 1 aromatic rings. The molecule has 2 atom stereocenters. The van der Waals surface area contributed by atoms with Crippen LogP contribution in [0.25, 0.3) is 0 Å². The SMILES string of the molecule is COc1cc(CN2CCCC(C(=O)O)C2)ccc1OCC1CCCO1. The van der Waals surface area contributed by atoms with Gasteiger partial charge in [-0.1, -0.05) is 6.07 Å². The smallest absolute Gasteiger partial charge is 0.307 e. The quantitative estimate of drug-likeness (QED) is 0.816. The van der Waals surface area contributed by atoms with Gasteiger partial charge < -0.3 is 19.3 Å². The van der Waals surface area contributed by atoms with E-state index in [1.54, 1.807) is 7.11 Å². The first-order chi connectivity index (χ1) is 12.2. The highest BCUT2D eigenvalue weighted by Gasteiger charge is 2.25. The fourth-order valence-corrected chi connectivity index (χ4v) is 3.55. The normalized spacial score (nSPS) is 24.2. The Bertz CT molecular complexity index is 585. The van der Waals surface area contributed by atoms with Crippen molar-refractivity contribution in [2.75, 3.05) is 33.4 Å². The number of likely N-dealkylation sites (tertiary alicyclic amines) is 1. The van der Waals surface area contributed by atoms with E-state index >= 15 is 0 Å². The molecule has 6 nitrogen and oxygen atoms in total. The van der Waals surface area contributed by atoms with Gasteiger partial charge in [-0.3, -0.25) is 9.69 Å². The zero-order chi connectivity index (χ0) is 17.6. The number of methoxy groups -OCH3 is 1. The average molecular weight is 349 g/mol. The van der Waals surface area contributed by atoms with E-state index in [1.807, 2.05) is 18.2 Å². The van der Waals surface area contributed by atoms with Crippen LogP contribution in [0, 0.1) is 5.92 Å². The molecule has 0 spiro atoms. The van der Waals surface area contributed by atoms with Gasteiger partial charge in [0.25, 0.3) is 0 Å². The number of benzene rings is 1. The molecule has 1 N–H and O–H groups in total. The van der Waals surface area contributed by atoms with Crippen LogP contribution in [0.4, 0.5) is 0 Å². The number of nitrogens with zero attached hydrogens (tertiary/aromatic N) is 1. The predicted molar refractivity (Wildman–Crippen MR) is 93.1 cm³/mol. The molecule has 2 aliphatic heterocycles. The van der Waals surface area contributed by atoms with E-state index in [0.29, 0.717) is 18.9 Å². The molecule has 138 valence electrons. The molecule has 2 unspecified atom stereocenters. The van der Waals surface area contributed by atoms with E-state index in [9.17, 15) is 9.90 Å². The highest BCUT2D eigenvalue weighted by atomic mass is 16.5. The lowest BCUT2D eigenvalue weighted by Crippen LogP contribution is -2.38. The van der Waals surface area contributed by atoms with Crippen LogP contribution in [0.1, 0.15) is 31.2 Å². The van der Waals surface area contributed by atoms with Crippen LogP contribution < -0.4 is 9.47 Å². The number of ether oxygens (including phenoxy) is 3. The average Bonchev–Trinajstić information content (AvgIpc) is 3.14. The fraction of sp³-hybridized carbons (Fsp3) is 0.632. The Morgan fingerprint density at radius 3 is 2.92 bits per heavy atom. The van der Waals surface area contributed by atoms with Gasteiger partial charge >= 0.3 is 5.97 Å². The van der Waals surface area contributed by atoms with Crippen LogP contribution in [0.5, 0.6) is 11.5 Å². The minimum Gasteiger partial charge on any atom is -0.493 e. The first kappa shape index (κ1) is 18.0. The monoisotopic (exact) mass is 349 g/mol. The molecule has 1 aromatic carbocycles. The van der Waals surface area contributed by atoms with Crippen molar-refractivity contribution in [1.29, 1.82) is 0 Å². The standard InChI is InChI=1S/C19H27NO5/c1-23-18-10-14(11-20-8-2-4-15(12-20)19(21)22)6-7-17(18)25-13-16-5-3-9-24-16/h6-7,10,15-16H,2-5,8-9,11-13H2,1H3,(H,21,22). The Balaban J connectivity index is 1.59. The number of carboxylic acid groups (broad SMARTS) is 1. The summed E-state index contributed by atoms with van der Waals surface area (Å²) in [4.78, 5) is 13.4. The van der Waals surface area contributed by atoms with Gasteiger partial charge in [0.05, 0.1) is 19.1 Å². The number of carbonyl (C=O) groups is 1. The lowest BCUT2D eigenvalue weighted by atomic mass is 9.98. The summed E-state index contributed by atoms with van der Waals surface area (Å²) in [6, 6.07) is 5.94. The minimum atomic E-state index is -0.694. The van der Waals surface area contributed by atoms with Crippen molar-refractivity contribution < 1.29 is 24.1 Å². The van der Waals surface area contributed by atoms with Gasteiger partial charge in [0.1, 0.15) is 6.61 Å². The number of carboxylic acids is 1. The van der Waals surface area contributed by atoms with E-state index in [-0.39, 0.29) is 12.0 Å². The Morgan fingerprint density at radius 1 is 1.32 bits per heavy atom. The number of aliphatic carboxylic acids is 1. The summed E-state index contributed by atoms with van der Waals surface area (Å²) in [7, 11) is 1.64. The summed E-state index contributed by atoms with van der Waals surface area (Å²) in [5.41, 5.74) is 1.10. The van der Waals surface area contributed by atoms with E-state index in [0.717, 1.165) is 56.7 Å². The van der Waals surface area contributed by atoms with Gasteiger partial charge in [0, 0.05) is 19.7 Å². The molecule has 2 saturated heterocycles. The zero-order valence-electron chi connectivity index (χ0n) is 14.8. The van der Waals surface area contributed by atoms with Gasteiger partial charge in [-0.05, 0) is 49.9 Å². The molecule has 2 heterocycles. The second-order valence-electron chi connectivity index (χ2n) is 6.84. The molecule has 6 heteroatoms. The maximum Gasteiger partial charge on any atom is 0.307 e. The van der Waals surface area contributed by atoms with Crippen LogP contribution in [0.2, 0.25) is 0 Å². The van der Waals surface area contributed by atoms with Crippen molar-refractivity contribution in [2.45, 2.75) is 38.3 Å². The first-order valence-corrected chi connectivity index (χ1v) is 9.02. The third-order valence-corrected chi connectivity index (χ3v) is 4.94. The topological polar surface area (TPSA) is 68.2 Å². The highest BCUT2D eigenvalue weighted by Crippen LogP contribution is 2.30. The van der Waals surface area contributed by atoms with Crippen LogP contribution >= 0.6 is 0 Å². The summed E-state index contributed by atoms with van der Waals surface area (Å²) in [5.74, 6) is 0.482. The van der Waals surface area contributed by atoms with Gasteiger partial charge in [0.2, 0.25) is 0 Å². The van der Waals surface area contributed by atoms with E-state index in [4.69, 9.17) is 14.2 Å². The van der Waals surface area contributed by atoms with Crippen molar-refractivity contribution in [2.24, 2.45) is 5.92 Å². The molecule has 0 aliphatic carbocycles. The summed E-state index contributed by atoms with van der Waals surface area (Å²) >= 11 is 0. The number of hydrogen-bond donors (Lipinski definition) is 1. The van der Waals surface area contributed by atoms with E-state index in [2.05, 4.69) is 4.90 Å². The van der Waals surface area contributed by atoms with Gasteiger partial charge in [-0.15, -0.1) is 0 Å². The molecule has 3 rings (SSSR count). The molecule has 2 aliphatic rings. The maximum absolute atomic E-state index is 11.2. The molecular formula is C19H27NO5. The van der Waals surface area contributed by atoms with Gasteiger partial charge in [0.15, 0.2) is 11.5 Å². The summed E-state index contributed by atoms with van der Waals surface area (Å²) < 4.78 is 16.9. The second-order valence-corrected chi connectivity index (χ2v) is 6.84. The Morgan fingerprint density at radius 2 is 2.20 bits per heavy atom. The van der Waals surface area contributed by atoms with Crippen LogP contribution in [-0.4, -0.2) is 55.5 Å². The first-order valence-electron chi connectivity index (χ1n) is 9.02. The lowest BCUT2D eigenvalue weighted by Gasteiger charge is -2.30. The Hall–Kier alpha value is -1.79. The molecule has 0 aromatic heterocycles. The molecule has 25 heavy (non-hydrogen) atoms.